The molecule has 0 spiro atoms. The van der Waals surface area contributed by atoms with Crippen LogP contribution in [-0.4, -0.2) is 62.5 Å². The molecule has 1 aromatic heterocycles. The smallest absolute Gasteiger partial charge is 0.410 e. The number of fused-ring (bicyclic) bond motifs is 1. The fourth-order valence-corrected chi connectivity index (χ4v) is 3.16. The number of carbonyl (C=O) groups excluding carboxylic acids is 3. The fraction of sp³-hybridized carbons (Fsp3) is 0.625. The summed E-state index contributed by atoms with van der Waals surface area (Å²) in [5, 5.41) is 0. The molecule has 0 aliphatic carbocycles. The highest BCUT2D eigenvalue weighted by Gasteiger charge is 2.37. The Bertz CT molecular complexity index is 668. The molecular formula is C16H22N4O4. The summed E-state index contributed by atoms with van der Waals surface area (Å²) in [5.74, 6) is 0.142. The van der Waals surface area contributed by atoms with Gasteiger partial charge in [-0.3, -0.25) is 4.79 Å². The van der Waals surface area contributed by atoms with E-state index in [1.165, 1.54) is 4.57 Å². The van der Waals surface area contributed by atoms with E-state index < -0.39 is 5.60 Å². The zero-order valence-electron chi connectivity index (χ0n) is 14.2. The first-order chi connectivity index (χ1) is 11.3. The quantitative estimate of drug-likeness (QED) is 0.771. The van der Waals surface area contributed by atoms with Crippen LogP contribution in [0.5, 0.6) is 0 Å². The standard InChI is InChI=1S/C16H22N4O4/c1-16(2,3)24-15(23)18-6-4-11(5-7-18)19-9-12-8-17-13(10-21)20(12)14(19)22/h8,10-11H,4-7,9H2,1-3H3. The maximum Gasteiger partial charge on any atom is 0.410 e. The summed E-state index contributed by atoms with van der Waals surface area (Å²) in [4.78, 5) is 43.0. The van der Waals surface area contributed by atoms with Gasteiger partial charge in [-0.25, -0.2) is 19.1 Å². The molecule has 2 amide bonds. The van der Waals surface area contributed by atoms with E-state index in [2.05, 4.69) is 4.98 Å². The van der Waals surface area contributed by atoms with Crippen molar-refractivity contribution in [3.63, 3.8) is 0 Å². The van der Waals surface area contributed by atoms with E-state index >= 15 is 0 Å². The molecule has 0 bridgehead atoms. The third kappa shape index (κ3) is 3.00. The van der Waals surface area contributed by atoms with E-state index in [0.717, 1.165) is 5.69 Å². The third-order valence-corrected chi connectivity index (χ3v) is 4.29. The minimum atomic E-state index is -0.513. The summed E-state index contributed by atoms with van der Waals surface area (Å²) in [5.41, 5.74) is 0.220. The van der Waals surface area contributed by atoms with Gasteiger partial charge < -0.3 is 14.5 Å². The molecule has 8 heteroatoms. The molecule has 1 saturated heterocycles. The van der Waals surface area contributed by atoms with Gasteiger partial charge in [0, 0.05) is 19.1 Å². The monoisotopic (exact) mass is 334 g/mol. The Balaban J connectivity index is 1.60. The second-order valence-electron chi connectivity index (χ2n) is 7.17. The Morgan fingerprint density at radius 2 is 2.00 bits per heavy atom. The minimum Gasteiger partial charge on any atom is -0.444 e. The van der Waals surface area contributed by atoms with Gasteiger partial charge in [0.05, 0.1) is 18.4 Å². The Morgan fingerprint density at radius 1 is 1.33 bits per heavy atom. The van der Waals surface area contributed by atoms with Gasteiger partial charge in [-0.1, -0.05) is 0 Å². The van der Waals surface area contributed by atoms with E-state index in [-0.39, 0.29) is 24.0 Å². The van der Waals surface area contributed by atoms with Crippen LogP contribution < -0.4 is 0 Å². The van der Waals surface area contributed by atoms with E-state index in [1.54, 1.807) is 16.0 Å². The van der Waals surface area contributed by atoms with Crippen LogP contribution in [0.4, 0.5) is 9.59 Å². The fourth-order valence-electron chi connectivity index (χ4n) is 3.16. The lowest BCUT2D eigenvalue weighted by Crippen LogP contribution is -2.48. The number of ether oxygens (including phenoxy) is 1. The molecule has 0 unspecified atom stereocenters. The molecule has 1 fully saturated rings. The van der Waals surface area contributed by atoms with Crippen LogP contribution in [0, 0.1) is 0 Å². The molecule has 0 atom stereocenters. The number of piperidine rings is 1. The first kappa shape index (κ1) is 16.5. The lowest BCUT2D eigenvalue weighted by molar-refractivity contribution is 0.0166. The second kappa shape index (κ2) is 5.92. The van der Waals surface area contributed by atoms with E-state index in [1.807, 2.05) is 20.8 Å². The molecule has 1 aromatic rings. The summed E-state index contributed by atoms with van der Waals surface area (Å²) in [7, 11) is 0. The van der Waals surface area contributed by atoms with E-state index in [0.29, 0.717) is 38.8 Å². The highest BCUT2D eigenvalue weighted by molar-refractivity contribution is 5.86. The highest BCUT2D eigenvalue weighted by atomic mass is 16.6. The zero-order valence-corrected chi connectivity index (χ0v) is 14.2. The van der Waals surface area contributed by atoms with Gasteiger partial charge >= 0.3 is 12.1 Å². The molecule has 0 radical (unpaired) electrons. The van der Waals surface area contributed by atoms with Crippen molar-refractivity contribution in [1.29, 1.82) is 0 Å². The van der Waals surface area contributed by atoms with Crippen molar-refractivity contribution in [2.75, 3.05) is 13.1 Å². The zero-order chi connectivity index (χ0) is 17.5. The van der Waals surface area contributed by atoms with Gasteiger partial charge in [0.2, 0.25) is 0 Å². The molecule has 0 saturated carbocycles. The number of imidazole rings is 1. The lowest BCUT2D eigenvalue weighted by Gasteiger charge is -2.36. The molecule has 2 aliphatic heterocycles. The molecule has 3 rings (SSSR count). The van der Waals surface area contributed by atoms with Crippen molar-refractivity contribution in [1.82, 2.24) is 19.4 Å². The Labute approximate surface area is 140 Å². The van der Waals surface area contributed by atoms with Crippen LogP contribution in [0.3, 0.4) is 0 Å². The molecule has 3 heterocycles. The lowest BCUT2D eigenvalue weighted by atomic mass is 10.0. The van der Waals surface area contributed by atoms with Crippen LogP contribution in [0.2, 0.25) is 0 Å². The molecule has 8 nitrogen and oxygen atoms in total. The predicted molar refractivity (Wildman–Crippen MR) is 84.8 cm³/mol. The van der Waals surface area contributed by atoms with Crippen molar-refractivity contribution in [3.8, 4) is 0 Å². The summed E-state index contributed by atoms with van der Waals surface area (Å²) < 4.78 is 6.75. The van der Waals surface area contributed by atoms with Gasteiger partial charge in [0.1, 0.15) is 5.60 Å². The number of aromatic nitrogens is 2. The highest BCUT2D eigenvalue weighted by Crippen LogP contribution is 2.26. The number of hydrogen-bond donors (Lipinski definition) is 0. The average molecular weight is 334 g/mol. The van der Waals surface area contributed by atoms with Gasteiger partial charge in [0.25, 0.3) is 0 Å². The summed E-state index contributed by atoms with van der Waals surface area (Å²) >= 11 is 0. The number of amides is 2. The van der Waals surface area contributed by atoms with Gasteiger partial charge in [0.15, 0.2) is 12.1 Å². The number of aldehydes is 1. The van der Waals surface area contributed by atoms with Gasteiger partial charge in [-0.2, -0.15) is 0 Å². The second-order valence-corrected chi connectivity index (χ2v) is 7.17. The van der Waals surface area contributed by atoms with Crippen molar-refractivity contribution in [3.05, 3.63) is 17.7 Å². The van der Waals surface area contributed by atoms with Crippen LogP contribution in [0.15, 0.2) is 6.20 Å². The van der Waals surface area contributed by atoms with Crippen LogP contribution in [-0.2, 0) is 11.3 Å². The summed E-state index contributed by atoms with van der Waals surface area (Å²) in [6.45, 7) is 7.08. The van der Waals surface area contributed by atoms with Crippen LogP contribution in [0.1, 0.15) is 49.9 Å². The number of rotatable bonds is 2. The first-order valence-corrected chi connectivity index (χ1v) is 8.11. The van der Waals surface area contributed by atoms with Crippen LogP contribution >= 0.6 is 0 Å². The Hall–Kier alpha value is -2.38. The molecular weight excluding hydrogens is 312 g/mol. The topological polar surface area (TPSA) is 84.7 Å². The largest absolute Gasteiger partial charge is 0.444 e. The van der Waals surface area contributed by atoms with Crippen molar-refractivity contribution in [2.24, 2.45) is 0 Å². The van der Waals surface area contributed by atoms with E-state index in [9.17, 15) is 14.4 Å². The number of likely N-dealkylation sites (tertiary alicyclic amines) is 1. The number of hydrogen-bond acceptors (Lipinski definition) is 5. The summed E-state index contributed by atoms with van der Waals surface area (Å²) in [6, 6.07) is -0.157. The Kier molecular flexibility index (Phi) is 4.06. The van der Waals surface area contributed by atoms with Gasteiger partial charge in [-0.15, -0.1) is 0 Å². The summed E-state index contributed by atoms with van der Waals surface area (Å²) in [6.07, 6.45) is 3.24. The van der Waals surface area contributed by atoms with E-state index in [4.69, 9.17) is 4.74 Å². The minimum absolute atomic E-state index is 0.0515. The van der Waals surface area contributed by atoms with Crippen molar-refractivity contribution < 1.29 is 19.1 Å². The molecule has 0 N–H and O–H groups in total. The molecule has 2 aliphatic rings. The van der Waals surface area contributed by atoms with Crippen molar-refractivity contribution in [2.45, 2.75) is 51.8 Å². The molecule has 0 aromatic carbocycles. The number of nitrogens with zero attached hydrogens (tertiary/aromatic N) is 4. The number of carbonyl (C=O) groups is 3. The Morgan fingerprint density at radius 3 is 2.58 bits per heavy atom. The SMILES string of the molecule is CC(C)(C)OC(=O)N1CCC(N2Cc3cnc(C=O)n3C2=O)CC1. The normalized spacial score (nSPS) is 18.7. The van der Waals surface area contributed by atoms with Crippen LogP contribution in [0.25, 0.3) is 0 Å². The predicted octanol–water partition coefficient (Wildman–Crippen LogP) is 1.88. The third-order valence-electron chi connectivity index (χ3n) is 4.29. The van der Waals surface area contributed by atoms with Crippen molar-refractivity contribution >= 4 is 18.4 Å². The van der Waals surface area contributed by atoms with Gasteiger partial charge in [-0.05, 0) is 33.6 Å². The molecule has 130 valence electrons. The molecule has 24 heavy (non-hydrogen) atoms. The maximum absolute atomic E-state index is 12.5. The average Bonchev–Trinajstić information content (AvgIpc) is 3.06. The maximum atomic E-state index is 12.5. The first-order valence-electron chi connectivity index (χ1n) is 8.11.